The van der Waals surface area contributed by atoms with Crippen molar-refractivity contribution < 1.29 is 48.8 Å². The molecule has 0 aliphatic heterocycles. The number of nitrogens with one attached hydrogen (secondary N) is 1. The molecule has 0 spiro atoms. The summed E-state index contributed by atoms with van der Waals surface area (Å²) in [4.78, 5) is 71.8. The number of aliphatic hydroxyl groups excluding tert-OH is 1. The highest BCUT2D eigenvalue weighted by Crippen LogP contribution is 2.67. The number of esters is 1. The number of carbonyl (C=O) groups is 6. The molecular weight excluding hydrogens is 536 g/mol. The van der Waals surface area contributed by atoms with Gasteiger partial charge in [-0.2, -0.15) is 0 Å². The Morgan fingerprint density at radius 1 is 1.12 bits per heavy atom. The molecule has 0 aromatic carbocycles. The number of fused-ring (bicyclic) bond motifs is 5. The number of primary amides is 1. The van der Waals surface area contributed by atoms with Gasteiger partial charge in [0.2, 0.25) is 17.6 Å². The number of allylic oxidation sites excluding steroid dienone is 1. The number of carboxylic acids is 1. The first-order valence-corrected chi connectivity index (χ1v) is 14.3. The second-order valence-electron chi connectivity index (χ2n) is 12.7. The zero-order chi connectivity index (χ0) is 30.3. The van der Waals surface area contributed by atoms with Crippen molar-refractivity contribution in [2.45, 2.75) is 95.8 Å². The fraction of sp³-hybridized carbons (Fsp3) is 0.724. The van der Waals surface area contributed by atoms with E-state index in [1.165, 1.54) is 0 Å². The summed E-state index contributed by atoms with van der Waals surface area (Å²) in [5, 5.41) is 34.4. The Balaban J connectivity index is 1.36. The van der Waals surface area contributed by atoms with Gasteiger partial charge in [-0.1, -0.05) is 19.4 Å². The van der Waals surface area contributed by atoms with Crippen LogP contribution in [-0.4, -0.2) is 75.0 Å². The number of Topliss-reactive ketones (excluding diaryl/α,β-unsaturated/α-hetero) is 1. The number of rotatable bonds is 10. The van der Waals surface area contributed by atoms with E-state index in [0.717, 1.165) is 18.4 Å². The highest BCUT2D eigenvalue weighted by atomic mass is 16.5. The maximum atomic E-state index is 13.3. The van der Waals surface area contributed by atoms with Crippen LogP contribution in [0.5, 0.6) is 0 Å². The van der Waals surface area contributed by atoms with Crippen LogP contribution in [0.25, 0.3) is 0 Å². The van der Waals surface area contributed by atoms with Crippen molar-refractivity contribution in [3.05, 3.63) is 11.6 Å². The topological polar surface area (TPSA) is 210 Å². The number of carbonyl (C=O) groups excluding carboxylic acids is 5. The molecule has 2 amide bonds. The van der Waals surface area contributed by atoms with Gasteiger partial charge in [0, 0.05) is 18.3 Å². The SMILES string of the molecule is C[C@]12CCC(=O)C=C1CC[C@H]1[C@H]2[C@@H](O)C[C@@]2(C)[C@@H]1CC[C@]2(O)C(=O)COC(=O)CCC(=O)N[C@H](CC(N)=O)C(=O)O. The quantitative estimate of drug-likeness (QED) is 0.228. The van der Waals surface area contributed by atoms with Crippen LogP contribution in [0.2, 0.25) is 0 Å². The number of carboxylic acid groups (broad SMARTS) is 1. The van der Waals surface area contributed by atoms with Gasteiger partial charge in [0.1, 0.15) is 11.6 Å². The predicted molar refractivity (Wildman–Crippen MR) is 142 cm³/mol. The van der Waals surface area contributed by atoms with Gasteiger partial charge in [-0.3, -0.25) is 24.0 Å². The fourth-order valence-electron chi connectivity index (χ4n) is 8.37. The van der Waals surface area contributed by atoms with Gasteiger partial charge in [0.05, 0.1) is 18.9 Å². The molecule has 0 unspecified atom stereocenters. The van der Waals surface area contributed by atoms with Gasteiger partial charge in [0.15, 0.2) is 12.4 Å². The Morgan fingerprint density at radius 2 is 1.83 bits per heavy atom. The molecule has 0 bridgehead atoms. The van der Waals surface area contributed by atoms with Crippen molar-refractivity contribution >= 4 is 35.3 Å². The third-order valence-electron chi connectivity index (χ3n) is 10.5. The molecule has 41 heavy (non-hydrogen) atoms. The molecule has 12 nitrogen and oxygen atoms in total. The van der Waals surface area contributed by atoms with E-state index in [0.29, 0.717) is 19.3 Å². The first-order valence-electron chi connectivity index (χ1n) is 14.3. The molecule has 0 saturated heterocycles. The molecule has 0 heterocycles. The lowest BCUT2D eigenvalue weighted by molar-refractivity contribution is -0.184. The van der Waals surface area contributed by atoms with E-state index in [2.05, 4.69) is 12.2 Å². The molecule has 12 heteroatoms. The van der Waals surface area contributed by atoms with Crippen LogP contribution in [0.4, 0.5) is 0 Å². The number of nitrogens with two attached hydrogens (primary N) is 1. The molecule has 4 aliphatic rings. The zero-order valence-corrected chi connectivity index (χ0v) is 23.5. The average molecular weight is 577 g/mol. The Bertz CT molecular complexity index is 1180. The summed E-state index contributed by atoms with van der Waals surface area (Å²) in [6.45, 7) is 3.26. The van der Waals surface area contributed by atoms with Gasteiger partial charge in [-0.25, -0.2) is 4.79 Å². The van der Waals surface area contributed by atoms with E-state index in [-0.39, 0.29) is 41.8 Å². The molecule has 8 atom stereocenters. The highest BCUT2D eigenvalue weighted by molar-refractivity contribution is 5.93. The molecule has 4 aliphatic carbocycles. The Labute approximate surface area is 238 Å². The minimum atomic E-state index is -1.80. The molecule has 226 valence electrons. The number of aliphatic carboxylic acids is 1. The molecule has 3 saturated carbocycles. The first kappa shape index (κ1) is 30.8. The van der Waals surface area contributed by atoms with Crippen molar-refractivity contribution in [1.29, 1.82) is 0 Å². The largest absolute Gasteiger partial charge is 0.480 e. The maximum Gasteiger partial charge on any atom is 0.326 e. The molecule has 0 aromatic heterocycles. The zero-order valence-electron chi connectivity index (χ0n) is 23.5. The molecular formula is C29H40N2O10. The standard InChI is InChI=1S/C29H40N2O10/c1-27-9-7-16(32)11-15(27)3-4-17-18-8-10-29(40,28(18,2)13-20(33)25(17)27)21(34)14-41-24(37)6-5-23(36)31-19(26(38)39)12-22(30)35/h11,17-20,25,33,40H,3-10,12-14H2,1-2H3,(H2,30,35)(H,31,36)(H,38,39)/t17-,18-,19-,20+,25+,27+,28+,29+/m1/s1. The van der Waals surface area contributed by atoms with Crippen molar-refractivity contribution in [2.75, 3.05) is 6.61 Å². The minimum Gasteiger partial charge on any atom is -0.480 e. The van der Waals surface area contributed by atoms with Crippen LogP contribution >= 0.6 is 0 Å². The van der Waals surface area contributed by atoms with Crippen LogP contribution in [0, 0.1) is 28.6 Å². The summed E-state index contributed by atoms with van der Waals surface area (Å²) in [5.74, 6) is -4.62. The fourth-order valence-corrected chi connectivity index (χ4v) is 8.37. The number of amides is 2. The van der Waals surface area contributed by atoms with E-state index in [4.69, 9.17) is 15.6 Å². The third-order valence-corrected chi connectivity index (χ3v) is 10.5. The number of ketones is 2. The molecule has 0 radical (unpaired) electrons. The van der Waals surface area contributed by atoms with E-state index >= 15 is 0 Å². The molecule has 3 fully saturated rings. The summed E-state index contributed by atoms with van der Waals surface area (Å²) < 4.78 is 5.08. The van der Waals surface area contributed by atoms with E-state index < -0.39 is 78.6 Å². The van der Waals surface area contributed by atoms with Crippen molar-refractivity contribution in [3.63, 3.8) is 0 Å². The van der Waals surface area contributed by atoms with E-state index in [1.807, 2.05) is 6.92 Å². The van der Waals surface area contributed by atoms with Crippen LogP contribution in [-0.2, 0) is 33.5 Å². The summed E-state index contributed by atoms with van der Waals surface area (Å²) >= 11 is 0. The van der Waals surface area contributed by atoms with Gasteiger partial charge in [0.25, 0.3) is 0 Å². The van der Waals surface area contributed by atoms with Gasteiger partial charge >= 0.3 is 11.9 Å². The average Bonchev–Trinajstić information content (AvgIpc) is 3.16. The van der Waals surface area contributed by atoms with E-state index in [1.54, 1.807) is 6.08 Å². The Morgan fingerprint density at radius 3 is 2.49 bits per heavy atom. The van der Waals surface area contributed by atoms with Crippen LogP contribution in [0.15, 0.2) is 11.6 Å². The number of ether oxygens (including phenoxy) is 1. The summed E-state index contributed by atoms with van der Waals surface area (Å²) in [7, 11) is 0. The number of hydrogen-bond donors (Lipinski definition) is 5. The predicted octanol–water partition coefficient (Wildman–Crippen LogP) is 0.558. The van der Waals surface area contributed by atoms with Crippen LogP contribution in [0.3, 0.4) is 0 Å². The Kier molecular flexibility index (Phi) is 8.48. The second kappa shape index (κ2) is 11.3. The van der Waals surface area contributed by atoms with Crippen molar-refractivity contribution in [1.82, 2.24) is 5.32 Å². The summed E-state index contributed by atoms with van der Waals surface area (Å²) in [6.07, 6.45) is 3.10. The number of aliphatic hydroxyl groups is 2. The Hall–Kier alpha value is -3.12. The summed E-state index contributed by atoms with van der Waals surface area (Å²) in [5.41, 5.74) is 3.05. The van der Waals surface area contributed by atoms with E-state index in [9.17, 15) is 39.0 Å². The lowest BCUT2D eigenvalue weighted by atomic mass is 9.45. The van der Waals surface area contributed by atoms with Crippen LogP contribution in [0.1, 0.15) is 78.1 Å². The second-order valence-corrected chi connectivity index (χ2v) is 12.7. The molecule has 6 N–H and O–H groups in total. The van der Waals surface area contributed by atoms with Crippen molar-refractivity contribution in [2.24, 2.45) is 34.3 Å². The minimum absolute atomic E-state index is 0.0252. The van der Waals surface area contributed by atoms with Crippen molar-refractivity contribution in [3.8, 4) is 0 Å². The lowest BCUT2D eigenvalue weighted by Gasteiger charge is -2.60. The number of hydrogen-bond acceptors (Lipinski definition) is 9. The summed E-state index contributed by atoms with van der Waals surface area (Å²) in [6, 6.07) is -1.52. The van der Waals surface area contributed by atoms with Gasteiger partial charge < -0.3 is 31.1 Å². The molecule has 4 rings (SSSR count). The lowest BCUT2D eigenvalue weighted by Crippen LogP contribution is -2.62. The van der Waals surface area contributed by atoms with Gasteiger partial charge in [-0.05, 0) is 67.8 Å². The maximum absolute atomic E-state index is 13.3. The van der Waals surface area contributed by atoms with Gasteiger partial charge in [-0.15, -0.1) is 0 Å². The third kappa shape index (κ3) is 5.55. The first-order chi connectivity index (χ1) is 19.1. The normalized spacial score (nSPS) is 36.6. The smallest absolute Gasteiger partial charge is 0.326 e. The monoisotopic (exact) mass is 576 g/mol. The molecule has 0 aromatic rings. The van der Waals surface area contributed by atoms with Crippen LogP contribution < -0.4 is 11.1 Å². The highest BCUT2D eigenvalue weighted by Gasteiger charge is 2.68.